The number of carbonyl (C=O) groups is 1. The Bertz CT molecular complexity index is 214. The van der Waals surface area contributed by atoms with Crippen molar-refractivity contribution in [1.29, 1.82) is 0 Å². The van der Waals surface area contributed by atoms with Crippen molar-refractivity contribution < 1.29 is 4.79 Å². The zero-order valence-electron chi connectivity index (χ0n) is 7.55. The Hall–Kier alpha value is -0.890. The molecular formula is C10H15NO. The summed E-state index contributed by atoms with van der Waals surface area (Å²) in [6.07, 6.45) is 4.82. The highest BCUT2D eigenvalue weighted by Gasteiger charge is 2.10. The zero-order valence-corrected chi connectivity index (χ0v) is 7.55. The Labute approximate surface area is 73.6 Å². The average molecular weight is 165 g/mol. The van der Waals surface area contributed by atoms with Gasteiger partial charge in [0.1, 0.15) is 0 Å². The Morgan fingerprint density at radius 1 is 1.58 bits per heavy atom. The molecule has 2 nitrogen and oxygen atoms in total. The number of rotatable bonds is 4. The monoisotopic (exact) mass is 165 g/mol. The van der Waals surface area contributed by atoms with Crippen LogP contribution in [0.4, 0.5) is 0 Å². The van der Waals surface area contributed by atoms with E-state index in [0.29, 0.717) is 5.57 Å². The summed E-state index contributed by atoms with van der Waals surface area (Å²) in [5.74, 6) is 0.0375. The van der Waals surface area contributed by atoms with Gasteiger partial charge in [0, 0.05) is 6.54 Å². The fourth-order valence-electron chi connectivity index (χ4n) is 1.02. The van der Waals surface area contributed by atoms with E-state index in [-0.39, 0.29) is 5.78 Å². The SMILES string of the molecule is C=C(C)C(=O)/C=C/CN1CCC1. The molecule has 0 aromatic carbocycles. The van der Waals surface area contributed by atoms with Gasteiger partial charge >= 0.3 is 0 Å². The van der Waals surface area contributed by atoms with Crippen LogP contribution < -0.4 is 0 Å². The van der Waals surface area contributed by atoms with E-state index in [0.717, 1.165) is 6.54 Å². The predicted molar refractivity (Wildman–Crippen MR) is 50.0 cm³/mol. The summed E-state index contributed by atoms with van der Waals surface area (Å²) in [7, 11) is 0. The standard InChI is InChI=1S/C10H15NO/c1-9(2)10(12)5-3-6-11-7-4-8-11/h3,5H,1,4,6-8H2,2H3/b5-3+. The molecular weight excluding hydrogens is 150 g/mol. The normalized spacial score (nSPS) is 17.8. The van der Waals surface area contributed by atoms with Crippen LogP contribution in [0.2, 0.25) is 0 Å². The second kappa shape index (κ2) is 4.21. The quantitative estimate of drug-likeness (QED) is 0.587. The van der Waals surface area contributed by atoms with Crippen molar-refractivity contribution in [3.8, 4) is 0 Å². The van der Waals surface area contributed by atoms with Gasteiger partial charge in [0.25, 0.3) is 0 Å². The number of likely N-dealkylation sites (tertiary alicyclic amines) is 1. The van der Waals surface area contributed by atoms with Gasteiger partial charge in [0.05, 0.1) is 0 Å². The third kappa shape index (κ3) is 2.62. The molecule has 12 heavy (non-hydrogen) atoms. The summed E-state index contributed by atoms with van der Waals surface area (Å²) >= 11 is 0. The second-order valence-electron chi connectivity index (χ2n) is 3.20. The maximum atomic E-state index is 11.0. The maximum Gasteiger partial charge on any atom is 0.180 e. The molecule has 0 amide bonds. The fraction of sp³-hybridized carbons (Fsp3) is 0.500. The number of hydrogen-bond donors (Lipinski definition) is 0. The van der Waals surface area contributed by atoms with Gasteiger partial charge in [-0.15, -0.1) is 0 Å². The Kier molecular flexibility index (Phi) is 3.23. The minimum Gasteiger partial charge on any atom is -0.300 e. The first-order chi connectivity index (χ1) is 5.70. The van der Waals surface area contributed by atoms with E-state index in [9.17, 15) is 4.79 Å². The number of ketones is 1. The fourth-order valence-corrected chi connectivity index (χ4v) is 1.02. The van der Waals surface area contributed by atoms with E-state index in [1.807, 2.05) is 6.08 Å². The average Bonchev–Trinajstić information content (AvgIpc) is 1.93. The van der Waals surface area contributed by atoms with Gasteiger partial charge in [-0.05, 0) is 38.1 Å². The molecule has 0 N–H and O–H groups in total. The lowest BCUT2D eigenvalue weighted by atomic mass is 10.2. The van der Waals surface area contributed by atoms with Crippen LogP contribution >= 0.6 is 0 Å². The lowest BCUT2D eigenvalue weighted by Gasteiger charge is -2.29. The summed E-state index contributed by atoms with van der Waals surface area (Å²) in [6, 6.07) is 0. The van der Waals surface area contributed by atoms with Gasteiger partial charge in [-0.1, -0.05) is 12.7 Å². The molecule has 66 valence electrons. The predicted octanol–water partition coefficient (Wildman–Crippen LogP) is 1.39. The van der Waals surface area contributed by atoms with Crippen molar-refractivity contribution in [1.82, 2.24) is 4.90 Å². The molecule has 2 heteroatoms. The van der Waals surface area contributed by atoms with Gasteiger partial charge < -0.3 is 0 Å². The second-order valence-corrected chi connectivity index (χ2v) is 3.20. The number of nitrogens with zero attached hydrogens (tertiary/aromatic N) is 1. The largest absolute Gasteiger partial charge is 0.300 e. The number of allylic oxidation sites excluding steroid dienone is 2. The molecule has 1 aliphatic heterocycles. The van der Waals surface area contributed by atoms with E-state index in [4.69, 9.17) is 0 Å². The summed E-state index contributed by atoms with van der Waals surface area (Å²) in [6.45, 7) is 8.55. The van der Waals surface area contributed by atoms with Gasteiger partial charge in [0.15, 0.2) is 5.78 Å². The summed E-state index contributed by atoms with van der Waals surface area (Å²) < 4.78 is 0. The zero-order chi connectivity index (χ0) is 8.97. The van der Waals surface area contributed by atoms with E-state index in [2.05, 4.69) is 11.5 Å². The van der Waals surface area contributed by atoms with Crippen molar-refractivity contribution in [3.63, 3.8) is 0 Å². The molecule has 0 spiro atoms. The minimum absolute atomic E-state index is 0.0375. The first kappa shape index (κ1) is 9.20. The summed E-state index contributed by atoms with van der Waals surface area (Å²) in [5, 5.41) is 0. The van der Waals surface area contributed by atoms with Crippen LogP contribution in [0.3, 0.4) is 0 Å². The lowest BCUT2D eigenvalue weighted by Crippen LogP contribution is -2.36. The van der Waals surface area contributed by atoms with Gasteiger partial charge in [-0.25, -0.2) is 0 Å². The molecule has 0 unspecified atom stereocenters. The Morgan fingerprint density at radius 2 is 2.25 bits per heavy atom. The summed E-state index contributed by atoms with van der Waals surface area (Å²) in [5.41, 5.74) is 0.606. The Morgan fingerprint density at radius 3 is 2.67 bits per heavy atom. The van der Waals surface area contributed by atoms with Crippen molar-refractivity contribution in [3.05, 3.63) is 24.3 Å². The van der Waals surface area contributed by atoms with Crippen LogP contribution in [-0.4, -0.2) is 30.3 Å². The van der Waals surface area contributed by atoms with Crippen molar-refractivity contribution in [2.45, 2.75) is 13.3 Å². The minimum atomic E-state index is 0.0375. The van der Waals surface area contributed by atoms with Crippen LogP contribution in [0.15, 0.2) is 24.3 Å². The number of carbonyl (C=O) groups excluding carboxylic acids is 1. The first-order valence-electron chi connectivity index (χ1n) is 4.29. The third-order valence-electron chi connectivity index (χ3n) is 2.00. The van der Waals surface area contributed by atoms with E-state index >= 15 is 0 Å². The third-order valence-corrected chi connectivity index (χ3v) is 2.00. The molecule has 1 saturated heterocycles. The molecule has 0 aromatic rings. The molecule has 1 fully saturated rings. The smallest absolute Gasteiger partial charge is 0.180 e. The highest BCUT2D eigenvalue weighted by atomic mass is 16.1. The van der Waals surface area contributed by atoms with Crippen LogP contribution in [0.25, 0.3) is 0 Å². The van der Waals surface area contributed by atoms with Crippen LogP contribution in [0.1, 0.15) is 13.3 Å². The van der Waals surface area contributed by atoms with Crippen LogP contribution in [-0.2, 0) is 4.79 Å². The van der Waals surface area contributed by atoms with E-state index in [1.165, 1.54) is 19.5 Å². The van der Waals surface area contributed by atoms with Crippen molar-refractivity contribution in [2.24, 2.45) is 0 Å². The van der Waals surface area contributed by atoms with Gasteiger partial charge in [-0.3, -0.25) is 9.69 Å². The van der Waals surface area contributed by atoms with Crippen molar-refractivity contribution >= 4 is 5.78 Å². The molecule has 0 atom stereocenters. The van der Waals surface area contributed by atoms with Gasteiger partial charge in [0.2, 0.25) is 0 Å². The highest BCUT2D eigenvalue weighted by molar-refractivity contribution is 6.02. The molecule has 1 rings (SSSR count). The topological polar surface area (TPSA) is 20.3 Å². The van der Waals surface area contributed by atoms with E-state index < -0.39 is 0 Å². The van der Waals surface area contributed by atoms with Crippen LogP contribution in [0.5, 0.6) is 0 Å². The molecule has 0 aromatic heterocycles. The van der Waals surface area contributed by atoms with Gasteiger partial charge in [-0.2, -0.15) is 0 Å². The van der Waals surface area contributed by atoms with Crippen molar-refractivity contribution in [2.75, 3.05) is 19.6 Å². The van der Waals surface area contributed by atoms with Crippen LogP contribution in [0, 0.1) is 0 Å². The lowest BCUT2D eigenvalue weighted by molar-refractivity contribution is -0.111. The number of hydrogen-bond acceptors (Lipinski definition) is 2. The molecule has 0 saturated carbocycles. The van der Waals surface area contributed by atoms with E-state index in [1.54, 1.807) is 13.0 Å². The highest BCUT2D eigenvalue weighted by Crippen LogP contribution is 2.04. The summed E-state index contributed by atoms with van der Waals surface area (Å²) in [4.78, 5) is 13.3. The Balaban J connectivity index is 2.20. The molecule has 0 bridgehead atoms. The molecule has 0 radical (unpaired) electrons. The molecule has 0 aliphatic carbocycles. The molecule has 1 heterocycles. The first-order valence-corrected chi connectivity index (χ1v) is 4.29. The molecule has 1 aliphatic rings. The maximum absolute atomic E-state index is 11.0.